The third kappa shape index (κ3) is 4.16. The average Bonchev–Trinajstić information content (AvgIpc) is 2.86. The van der Waals surface area contributed by atoms with Gasteiger partial charge in [-0.15, -0.1) is 0 Å². The SMILES string of the molecule is CCNC(C)(CC(C)N1CCC(OC)C1)C(=O)OC. The van der Waals surface area contributed by atoms with E-state index >= 15 is 0 Å². The molecular weight excluding hydrogens is 244 g/mol. The molecule has 5 nitrogen and oxygen atoms in total. The van der Waals surface area contributed by atoms with Crippen LogP contribution in [0.1, 0.15) is 33.6 Å². The Morgan fingerprint density at radius 3 is 2.68 bits per heavy atom. The van der Waals surface area contributed by atoms with Crippen molar-refractivity contribution in [2.75, 3.05) is 33.9 Å². The Hall–Kier alpha value is -0.650. The molecule has 0 radical (unpaired) electrons. The summed E-state index contributed by atoms with van der Waals surface area (Å²) in [5.74, 6) is -0.191. The second-order valence-corrected chi connectivity index (χ2v) is 5.55. The summed E-state index contributed by atoms with van der Waals surface area (Å²) >= 11 is 0. The van der Waals surface area contributed by atoms with Crippen molar-refractivity contribution < 1.29 is 14.3 Å². The predicted molar refractivity (Wildman–Crippen MR) is 75.2 cm³/mol. The summed E-state index contributed by atoms with van der Waals surface area (Å²) in [7, 11) is 3.20. The summed E-state index contributed by atoms with van der Waals surface area (Å²) in [5, 5.41) is 3.26. The zero-order valence-corrected chi connectivity index (χ0v) is 12.9. The van der Waals surface area contributed by atoms with Crippen LogP contribution in [0.3, 0.4) is 0 Å². The van der Waals surface area contributed by atoms with Crippen molar-refractivity contribution in [1.29, 1.82) is 0 Å². The van der Waals surface area contributed by atoms with Gasteiger partial charge in [0.1, 0.15) is 5.54 Å². The molecule has 3 unspecified atom stereocenters. The van der Waals surface area contributed by atoms with E-state index < -0.39 is 5.54 Å². The van der Waals surface area contributed by atoms with Crippen LogP contribution in [-0.2, 0) is 14.3 Å². The lowest BCUT2D eigenvalue weighted by atomic mass is 9.93. The summed E-state index contributed by atoms with van der Waals surface area (Å²) < 4.78 is 10.3. The van der Waals surface area contributed by atoms with E-state index in [4.69, 9.17) is 9.47 Å². The molecule has 0 bridgehead atoms. The van der Waals surface area contributed by atoms with Gasteiger partial charge in [0, 0.05) is 26.2 Å². The van der Waals surface area contributed by atoms with E-state index in [9.17, 15) is 4.79 Å². The van der Waals surface area contributed by atoms with Crippen molar-refractivity contribution in [2.45, 2.75) is 51.3 Å². The van der Waals surface area contributed by atoms with Crippen molar-refractivity contribution >= 4 is 5.97 Å². The number of rotatable bonds is 7. The van der Waals surface area contributed by atoms with Crippen LogP contribution in [0.15, 0.2) is 0 Å². The molecule has 0 aromatic carbocycles. The second-order valence-electron chi connectivity index (χ2n) is 5.55. The van der Waals surface area contributed by atoms with Gasteiger partial charge < -0.3 is 14.8 Å². The minimum Gasteiger partial charge on any atom is -0.468 e. The third-order valence-corrected chi connectivity index (χ3v) is 4.04. The lowest BCUT2D eigenvalue weighted by Gasteiger charge is -2.34. The fourth-order valence-electron chi connectivity index (χ4n) is 2.91. The van der Waals surface area contributed by atoms with Crippen molar-refractivity contribution in [3.63, 3.8) is 0 Å². The lowest BCUT2D eigenvalue weighted by molar-refractivity contribution is -0.148. The molecule has 1 N–H and O–H groups in total. The molecule has 112 valence electrons. The number of carbonyl (C=O) groups is 1. The van der Waals surface area contributed by atoms with Crippen LogP contribution in [-0.4, -0.2) is 62.4 Å². The molecular formula is C14H28N2O3. The van der Waals surface area contributed by atoms with Gasteiger partial charge in [0.25, 0.3) is 0 Å². The Labute approximate surface area is 116 Å². The number of hydrogen-bond acceptors (Lipinski definition) is 5. The number of hydrogen-bond donors (Lipinski definition) is 1. The number of nitrogens with zero attached hydrogens (tertiary/aromatic N) is 1. The summed E-state index contributed by atoms with van der Waals surface area (Å²) in [4.78, 5) is 14.3. The predicted octanol–water partition coefficient (Wildman–Crippen LogP) is 1.03. The maximum absolute atomic E-state index is 12.0. The van der Waals surface area contributed by atoms with E-state index in [-0.39, 0.29) is 5.97 Å². The highest BCUT2D eigenvalue weighted by molar-refractivity contribution is 5.80. The molecule has 0 aliphatic carbocycles. The molecule has 0 amide bonds. The van der Waals surface area contributed by atoms with Crippen LogP contribution >= 0.6 is 0 Å². The largest absolute Gasteiger partial charge is 0.468 e. The molecule has 1 rings (SSSR count). The van der Waals surface area contributed by atoms with Crippen LogP contribution in [0.25, 0.3) is 0 Å². The van der Waals surface area contributed by atoms with E-state index in [0.717, 1.165) is 32.5 Å². The summed E-state index contributed by atoms with van der Waals surface area (Å²) in [5.41, 5.74) is -0.617. The Morgan fingerprint density at radius 1 is 1.53 bits per heavy atom. The van der Waals surface area contributed by atoms with Gasteiger partial charge in [-0.2, -0.15) is 0 Å². The summed E-state index contributed by atoms with van der Waals surface area (Å²) in [6, 6.07) is 0.322. The molecule has 1 heterocycles. The van der Waals surface area contributed by atoms with Crippen molar-refractivity contribution in [3.05, 3.63) is 0 Å². The normalized spacial score (nSPS) is 25.0. The molecule has 0 aromatic heterocycles. The highest BCUT2D eigenvalue weighted by Crippen LogP contribution is 2.22. The van der Waals surface area contributed by atoms with Gasteiger partial charge >= 0.3 is 5.97 Å². The fourth-order valence-corrected chi connectivity index (χ4v) is 2.91. The molecule has 5 heteroatoms. The Morgan fingerprint density at radius 2 is 2.21 bits per heavy atom. The molecule has 0 saturated carbocycles. The summed E-state index contributed by atoms with van der Waals surface area (Å²) in [6.45, 7) is 8.81. The van der Waals surface area contributed by atoms with E-state index in [1.807, 2.05) is 13.8 Å². The van der Waals surface area contributed by atoms with Crippen LogP contribution in [0, 0.1) is 0 Å². The van der Waals surface area contributed by atoms with Crippen molar-refractivity contribution in [1.82, 2.24) is 10.2 Å². The Kier molecular flexibility index (Phi) is 6.23. The summed E-state index contributed by atoms with van der Waals surface area (Å²) in [6.07, 6.45) is 2.13. The number of ether oxygens (including phenoxy) is 2. The number of likely N-dealkylation sites (N-methyl/N-ethyl adjacent to an activating group) is 1. The average molecular weight is 272 g/mol. The standard InChI is InChI=1S/C14H28N2O3/c1-6-15-14(3,13(17)19-5)9-11(2)16-8-7-12(10-16)18-4/h11-12,15H,6-10H2,1-5H3. The van der Waals surface area contributed by atoms with Crippen LogP contribution < -0.4 is 5.32 Å². The first kappa shape index (κ1) is 16.4. The number of nitrogens with one attached hydrogen (secondary N) is 1. The molecule has 3 atom stereocenters. The zero-order valence-electron chi connectivity index (χ0n) is 12.9. The van der Waals surface area contributed by atoms with Gasteiger partial charge in [0.05, 0.1) is 13.2 Å². The van der Waals surface area contributed by atoms with E-state index in [1.165, 1.54) is 7.11 Å². The minimum atomic E-state index is -0.617. The fraction of sp³-hybridized carbons (Fsp3) is 0.929. The van der Waals surface area contributed by atoms with Crippen LogP contribution in [0.4, 0.5) is 0 Å². The first-order valence-corrected chi connectivity index (χ1v) is 7.07. The topological polar surface area (TPSA) is 50.8 Å². The van der Waals surface area contributed by atoms with E-state index in [2.05, 4.69) is 17.1 Å². The van der Waals surface area contributed by atoms with Gasteiger partial charge in [-0.1, -0.05) is 6.92 Å². The van der Waals surface area contributed by atoms with Crippen molar-refractivity contribution in [2.24, 2.45) is 0 Å². The number of carbonyl (C=O) groups excluding carboxylic acids is 1. The molecule has 1 aliphatic heterocycles. The molecule has 19 heavy (non-hydrogen) atoms. The van der Waals surface area contributed by atoms with Gasteiger partial charge in [0.15, 0.2) is 0 Å². The highest BCUT2D eigenvalue weighted by Gasteiger charge is 2.37. The maximum Gasteiger partial charge on any atom is 0.325 e. The molecule has 0 spiro atoms. The van der Waals surface area contributed by atoms with Gasteiger partial charge in [0.2, 0.25) is 0 Å². The van der Waals surface area contributed by atoms with Gasteiger partial charge in [-0.25, -0.2) is 0 Å². The number of methoxy groups -OCH3 is 2. The lowest BCUT2D eigenvalue weighted by Crippen LogP contribution is -2.53. The van der Waals surface area contributed by atoms with E-state index in [1.54, 1.807) is 7.11 Å². The maximum atomic E-state index is 12.0. The van der Waals surface area contributed by atoms with Crippen LogP contribution in [0.5, 0.6) is 0 Å². The molecule has 0 aromatic rings. The number of likely N-dealkylation sites (tertiary alicyclic amines) is 1. The minimum absolute atomic E-state index is 0.191. The van der Waals surface area contributed by atoms with Crippen LogP contribution in [0.2, 0.25) is 0 Å². The monoisotopic (exact) mass is 272 g/mol. The number of esters is 1. The first-order chi connectivity index (χ1) is 8.96. The Bertz CT molecular complexity index is 298. The van der Waals surface area contributed by atoms with Crippen molar-refractivity contribution in [3.8, 4) is 0 Å². The van der Waals surface area contributed by atoms with E-state index in [0.29, 0.717) is 12.1 Å². The molecule has 1 aliphatic rings. The first-order valence-electron chi connectivity index (χ1n) is 7.07. The zero-order chi connectivity index (χ0) is 14.5. The highest BCUT2D eigenvalue weighted by atomic mass is 16.5. The van der Waals surface area contributed by atoms with Gasteiger partial charge in [-0.3, -0.25) is 9.69 Å². The Balaban J connectivity index is 2.61. The second kappa shape index (κ2) is 7.22. The quantitative estimate of drug-likeness (QED) is 0.702. The molecule has 1 saturated heterocycles. The smallest absolute Gasteiger partial charge is 0.325 e. The van der Waals surface area contributed by atoms with Gasteiger partial charge in [-0.05, 0) is 33.2 Å². The molecule has 1 fully saturated rings. The third-order valence-electron chi connectivity index (χ3n) is 4.04.